The number of nitrogens with one attached hydrogen (secondary N) is 1. The third-order valence-corrected chi connectivity index (χ3v) is 3.77. The molecular formula is C11H10ClN5OS. The van der Waals surface area contributed by atoms with E-state index in [9.17, 15) is 5.11 Å². The van der Waals surface area contributed by atoms with Gasteiger partial charge in [-0.3, -0.25) is 4.40 Å². The quantitative estimate of drug-likeness (QED) is 0.573. The zero-order valence-corrected chi connectivity index (χ0v) is 11.5. The first-order chi connectivity index (χ1) is 9.13. The molecule has 0 aliphatic carbocycles. The zero-order chi connectivity index (χ0) is 13.4. The van der Waals surface area contributed by atoms with Gasteiger partial charge in [0, 0.05) is 29.9 Å². The molecule has 98 valence electrons. The largest absolute Gasteiger partial charge is 0.493 e. The Hall–Kier alpha value is -1.73. The van der Waals surface area contributed by atoms with Crippen molar-refractivity contribution >= 4 is 29.1 Å². The number of thioether (sulfide) groups is 1. The van der Waals surface area contributed by atoms with Crippen LogP contribution in [0.1, 0.15) is 11.4 Å². The maximum Gasteiger partial charge on any atom is 0.215 e. The van der Waals surface area contributed by atoms with Crippen molar-refractivity contribution in [2.75, 3.05) is 0 Å². The molecule has 0 radical (unpaired) electrons. The lowest BCUT2D eigenvalue weighted by Crippen LogP contribution is -1.91. The van der Waals surface area contributed by atoms with E-state index in [2.05, 4.69) is 19.9 Å². The number of halogens is 1. The van der Waals surface area contributed by atoms with Gasteiger partial charge in [-0.1, -0.05) is 23.4 Å². The second-order valence-electron chi connectivity index (χ2n) is 3.94. The molecule has 0 bridgehead atoms. The van der Waals surface area contributed by atoms with Crippen molar-refractivity contribution < 1.29 is 5.11 Å². The van der Waals surface area contributed by atoms with Crippen LogP contribution in [0.5, 0.6) is 5.88 Å². The number of aromatic hydroxyl groups is 1. The minimum absolute atomic E-state index is 0.0296. The topological polar surface area (TPSA) is 79.1 Å². The molecule has 3 heterocycles. The van der Waals surface area contributed by atoms with Gasteiger partial charge in [-0.15, -0.1) is 0 Å². The lowest BCUT2D eigenvalue weighted by Gasteiger charge is -2.01. The predicted octanol–water partition coefficient (Wildman–Crippen LogP) is 2.41. The van der Waals surface area contributed by atoms with Gasteiger partial charge in [0.25, 0.3) is 0 Å². The Kier molecular flexibility index (Phi) is 3.08. The molecule has 2 N–H and O–H groups in total. The molecule has 3 aromatic heterocycles. The van der Waals surface area contributed by atoms with Crippen molar-refractivity contribution in [3.05, 3.63) is 35.0 Å². The van der Waals surface area contributed by atoms with Crippen molar-refractivity contribution in [1.29, 1.82) is 0 Å². The number of aromatic amines is 1. The minimum Gasteiger partial charge on any atom is -0.493 e. The summed E-state index contributed by atoms with van der Waals surface area (Å²) in [4.78, 5) is 15.5. The third-order valence-electron chi connectivity index (χ3n) is 2.51. The number of hydrogen-bond donors (Lipinski definition) is 2. The normalized spacial score (nSPS) is 11.3. The van der Waals surface area contributed by atoms with E-state index in [0.717, 1.165) is 11.4 Å². The maximum absolute atomic E-state index is 9.41. The highest BCUT2D eigenvalue weighted by Crippen LogP contribution is 2.25. The van der Waals surface area contributed by atoms with E-state index in [-0.39, 0.29) is 5.88 Å². The summed E-state index contributed by atoms with van der Waals surface area (Å²) in [5, 5.41) is 10.5. The summed E-state index contributed by atoms with van der Waals surface area (Å²) >= 11 is 7.58. The monoisotopic (exact) mass is 295 g/mol. The van der Waals surface area contributed by atoms with Crippen molar-refractivity contribution in [3.8, 4) is 5.88 Å². The Balaban J connectivity index is 1.81. The SMILES string of the molecule is Cc1cc(O)nc(SCc2nc3[nH]ccn3c2Cl)n1. The second-order valence-corrected chi connectivity index (χ2v) is 5.24. The van der Waals surface area contributed by atoms with Crippen LogP contribution in [0.4, 0.5) is 0 Å². The summed E-state index contributed by atoms with van der Waals surface area (Å²) in [7, 11) is 0. The van der Waals surface area contributed by atoms with Gasteiger partial charge in [0.2, 0.25) is 11.7 Å². The van der Waals surface area contributed by atoms with Crippen molar-refractivity contribution in [1.82, 2.24) is 24.3 Å². The van der Waals surface area contributed by atoms with E-state index in [4.69, 9.17) is 11.6 Å². The number of rotatable bonds is 3. The maximum atomic E-state index is 9.41. The van der Waals surface area contributed by atoms with E-state index in [1.54, 1.807) is 17.5 Å². The minimum atomic E-state index is -0.0296. The number of H-pyrrole nitrogens is 1. The summed E-state index contributed by atoms with van der Waals surface area (Å²) in [6.07, 6.45) is 3.58. The smallest absolute Gasteiger partial charge is 0.215 e. The van der Waals surface area contributed by atoms with Crippen molar-refractivity contribution in [2.24, 2.45) is 0 Å². The standard InChI is InChI=1S/C11H10ClN5OS/c1-6-4-8(18)16-11(14-6)19-5-7-9(12)17-3-2-13-10(17)15-7/h2-4H,5H2,1H3,(H,13,15)(H,14,16,18). The van der Waals surface area contributed by atoms with Gasteiger partial charge < -0.3 is 10.1 Å². The third kappa shape index (κ3) is 2.39. The van der Waals surface area contributed by atoms with Crippen molar-refractivity contribution in [3.63, 3.8) is 0 Å². The molecule has 0 aromatic carbocycles. The molecule has 0 amide bonds. The van der Waals surface area contributed by atoms with Gasteiger partial charge in [-0.25, -0.2) is 9.97 Å². The van der Waals surface area contributed by atoms with Crippen LogP contribution < -0.4 is 0 Å². The Bertz CT molecular complexity index is 718. The van der Waals surface area contributed by atoms with Gasteiger partial charge in [0.15, 0.2) is 5.16 Å². The van der Waals surface area contributed by atoms with Gasteiger partial charge in [0.1, 0.15) is 5.15 Å². The lowest BCUT2D eigenvalue weighted by molar-refractivity contribution is 0.444. The molecule has 0 saturated heterocycles. The summed E-state index contributed by atoms with van der Waals surface area (Å²) in [5.74, 6) is 1.21. The first kappa shape index (κ1) is 12.3. The molecule has 0 saturated carbocycles. The molecule has 6 nitrogen and oxygen atoms in total. The van der Waals surface area contributed by atoms with E-state index in [1.807, 2.05) is 6.20 Å². The second kappa shape index (κ2) is 4.75. The van der Waals surface area contributed by atoms with Gasteiger partial charge in [-0.2, -0.15) is 4.98 Å². The number of fused-ring (bicyclic) bond motifs is 1. The van der Waals surface area contributed by atoms with Gasteiger partial charge in [-0.05, 0) is 6.92 Å². The summed E-state index contributed by atoms with van der Waals surface area (Å²) < 4.78 is 1.77. The molecule has 19 heavy (non-hydrogen) atoms. The van der Waals surface area contributed by atoms with E-state index < -0.39 is 0 Å². The summed E-state index contributed by atoms with van der Waals surface area (Å²) in [5.41, 5.74) is 1.47. The Labute approximate surface area is 117 Å². The van der Waals surface area contributed by atoms with Crippen LogP contribution in [-0.4, -0.2) is 29.4 Å². The van der Waals surface area contributed by atoms with Crippen LogP contribution in [-0.2, 0) is 5.75 Å². The fourth-order valence-electron chi connectivity index (χ4n) is 1.70. The van der Waals surface area contributed by atoms with Crippen LogP contribution in [0, 0.1) is 6.92 Å². The average Bonchev–Trinajstić information content (AvgIpc) is 2.89. The highest BCUT2D eigenvalue weighted by molar-refractivity contribution is 7.98. The Morgan fingerprint density at radius 3 is 3.00 bits per heavy atom. The molecule has 0 fully saturated rings. The molecule has 0 unspecified atom stereocenters. The Morgan fingerprint density at radius 2 is 2.26 bits per heavy atom. The predicted molar refractivity (Wildman–Crippen MR) is 72.5 cm³/mol. The highest BCUT2D eigenvalue weighted by atomic mass is 35.5. The molecule has 8 heteroatoms. The first-order valence-corrected chi connectivity index (χ1v) is 6.87. The summed E-state index contributed by atoms with van der Waals surface area (Å²) in [6.45, 7) is 1.80. The van der Waals surface area contributed by atoms with Crippen LogP contribution in [0.25, 0.3) is 5.78 Å². The summed E-state index contributed by atoms with van der Waals surface area (Å²) in [6, 6.07) is 1.51. The molecule has 3 rings (SSSR count). The molecule has 0 atom stereocenters. The fraction of sp³-hybridized carbons (Fsp3) is 0.182. The van der Waals surface area contributed by atoms with Crippen LogP contribution in [0.3, 0.4) is 0 Å². The highest BCUT2D eigenvalue weighted by Gasteiger charge is 2.12. The molecule has 0 spiro atoms. The van der Waals surface area contributed by atoms with Crippen LogP contribution in [0.15, 0.2) is 23.6 Å². The number of aromatic nitrogens is 5. The molecule has 0 aliphatic rings. The van der Waals surface area contributed by atoms with Crippen LogP contribution in [0.2, 0.25) is 5.15 Å². The van der Waals surface area contributed by atoms with E-state index in [0.29, 0.717) is 21.8 Å². The number of nitrogens with zero attached hydrogens (tertiary/aromatic N) is 4. The molecular weight excluding hydrogens is 286 g/mol. The number of hydrogen-bond acceptors (Lipinski definition) is 5. The van der Waals surface area contributed by atoms with Crippen LogP contribution >= 0.6 is 23.4 Å². The Morgan fingerprint density at radius 1 is 1.42 bits per heavy atom. The average molecular weight is 296 g/mol. The fourth-order valence-corrected chi connectivity index (χ4v) is 2.86. The number of aryl methyl sites for hydroxylation is 1. The first-order valence-electron chi connectivity index (χ1n) is 5.51. The number of imidazole rings is 2. The van der Waals surface area contributed by atoms with E-state index >= 15 is 0 Å². The van der Waals surface area contributed by atoms with Gasteiger partial charge >= 0.3 is 0 Å². The van der Waals surface area contributed by atoms with E-state index in [1.165, 1.54) is 17.8 Å². The molecule has 0 aliphatic heterocycles. The van der Waals surface area contributed by atoms with Gasteiger partial charge in [0.05, 0.1) is 5.69 Å². The van der Waals surface area contributed by atoms with Crippen molar-refractivity contribution in [2.45, 2.75) is 17.8 Å². The molecule has 3 aromatic rings. The lowest BCUT2D eigenvalue weighted by atomic mass is 10.4. The zero-order valence-electron chi connectivity index (χ0n) is 9.96.